The molecule has 6 nitrogen and oxygen atoms in total. The van der Waals surface area contributed by atoms with Crippen LogP contribution in [-0.4, -0.2) is 27.0 Å². The molecule has 0 unspecified atom stereocenters. The van der Waals surface area contributed by atoms with Crippen molar-refractivity contribution >= 4 is 5.91 Å². The van der Waals surface area contributed by atoms with Gasteiger partial charge < -0.3 is 10.1 Å². The first kappa shape index (κ1) is 16.7. The van der Waals surface area contributed by atoms with Crippen molar-refractivity contribution in [2.24, 2.45) is 0 Å². The number of benzene rings is 1. The Morgan fingerprint density at radius 2 is 1.96 bits per heavy atom. The summed E-state index contributed by atoms with van der Waals surface area (Å²) in [6, 6.07) is 11.6. The number of amides is 1. The largest absolute Gasteiger partial charge is 0.484 e. The Hall–Kier alpha value is -3.15. The lowest BCUT2D eigenvalue weighted by atomic mass is 10.2. The van der Waals surface area contributed by atoms with Gasteiger partial charge >= 0.3 is 0 Å². The van der Waals surface area contributed by atoms with Crippen molar-refractivity contribution in [1.29, 1.82) is 0 Å². The second-order valence-electron chi connectivity index (χ2n) is 5.56. The number of nitrogens with zero attached hydrogens (tertiary/aromatic N) is 3. The lowest BCUT2D eigenvalue weighted by Gasteiger charge is -2.08. The van der Waals surface area contributed by atoms with E-state index in [2.05, 4.69) is 22.2 Å². The van der Waals surface area contributed by atoms with Gasteiger partial charge in [0.2, 0.25) is 0 Å². The Bertz CT molecular complexity index is 796. The zero-order valence-electron chi connectivity index (χ0n) is 14.1. The number of hydrogen-bond acceptors (Lipinski definition) is 4. The van der Waals surface area contributed by atoms with Crippen molar-refractivity contribution < 1.29 is 9.53 Å². The summed E-state index contributed by atoms with van der Waals surface area (Å²) in [6.07, 6.45) is 7.93. The predicted octanol–water partition coefficient (Wildman–Crippen LogP) is 2.52. The molecule has 3 aromatic rings. The highest BCUT2D eigenvalue weighted by atomic mass is 16.5. The van der Waals surface area contributed by atoms with E-state index in [9.17, 15) is 4.79 Å². The molecule has 2 aromatic heterocycles. The number of ether oxygens (including phenoxy) is 1. The highest BCUT2D eigenvalue weighted by Crippen LogP contribution is 2.12. The number of aromatic nitrogens is 3. The van der Waals surface area contributed by atoms with E-state index in [1.54, 1.807) is 18.7 Å². The van der Waals surface area contributed by atoms with Gasteiger partial charge in [-0.05, 0) is 35.7 Å². The molecule has 0 spiro atoms. The van der Waals surface area contributed by atoms with Crippen LogP contribution in [0.2, 0.25) is 0 Å². The van der Waals surface area contributed by atoms with E-state index in [1.807, 2.05) is 47.2 Å². The summed E-state index contributed by atoms with van der Waals surface area (Å²) >= 11 is 0. The fourth-order valence-electron chi connectivity index (χ4n) is 2.29. The van der Waals surface area contributed by atoms with Crippen molar-refractivity contribution in [3.63, 3.8) is 0 Å². The zero-order chi connectivity index (χ0) is 17.5. The van der Waals surface area contributed by atoms with Gasteiger partial charge in [0.25, 0.3) is 5.91 Å². The molecule has 0 saturated heterocycles. The molecule has 1 N–H and O–H groups in total. The molecule has 0 atom stereocenters. The Morgan fingerprint density at radius 1 is 1.16 bits per heavy atom. The van der Waals surface area contributed by atoms with Crippen LogP contribution in [0.3, 0.4) is 0 Å². The first-order valence-corrected chi connectivity index (χ1v) is 8.16. The minimum absolute atomic E-state index is 0.00792. The van der Waals surface area contributed by atoms with Gasteiger partial charge in [-0.2, -0.15) is 0 Å². The van der Waals surface area contributed by atoms with Gasteiger partial charge in [-0.1, -0.05) is 25.1 Å². The van der Waals surface area contributed by atoms with Crippen LogP contribution in [-0.2, 0) is 17.8 Å². The number of carbonyl (C=O) groups is 1. The molecule has 0 aliphatic rings. The van der Waals surface area contributed by atoms with E-state index >= 15 is 0 Å². The molecule has 6 heteroatoms. The minimum Gasteiger partial charge on any atom is -0.484 e. The molecule has 0 aliphatic carbocycles. The number of imidazole rings is 1. The van der Waals surface area contributed by atoms with Gasteiger partial charge in [-0.25, -0.2) is 9.97 Å². The SMILES string of the molecule is CCc1ccc(OCC(=O)NCc2ccc(-n3ccnc3)nc2)cc1. The van der Waals surface area contributed by atoms with Crippen molar-refractivity contribution in [3.8, 4) is 11.6 Å². The molecule has 0 fully saturated rings. The lowest BCUT2D eigenvalue weighted by molar-refractivity contribution is -0.123. The van der Waals surface area contributed by atoms with E-state index in [0.717, 1.165) is 17.8 Å². The molecule has 3 rings (SSSR count). The molecule has 1 amide bonds. The molecular weight excluding hydrogens is 316 g/mol. The second kappa shape index (κ2) is 8.10. The van der Waals surface area contributed by atoms with Crippen LogP contribution in [0.25, 0.3) is 5.82 Å². The van der Waals surface area contributed by atoms with Crippen LogP contribution in [0.1, 0.15) is 18.1 Å². The molecule has 2 heterocycles. The molecule has 128 valence electrons. The number of hydrogen-bond donors (Lipinski definition) is 1. The Labute approximate surface area is 146 Å². The normalized spacial score (nSPS) is 10.4. The Kier molecular flexibility index (Phi) is 5.41. The quantitative estimate of drug-likeness (QED) is 0.720. The maximum Gasteiger partial charge on any atom is 0.258 e. The molecule has 0 bridgehead atoms. The van der Waals surface area contributed by atoms with Gasteiger partial charge in [0.05, 0.1) is 0 Å². The monoisotopic (exact) mass is 336 g/mol. The third kappa shape index (κ3) is 4.67. The standard InChI is InChI=1S/C19H20N4O2/c1-2-15-3-6-17(7-4-15)25-13-19(24)22-12-16-5-8-18(21-11-16)23-10-9-20-14-23/h3-11,14H,2,12-13H2,1H3,(H,22,24). The molecule has 25 heavy (non-hydrogen) atoms. The smallest absolute Gasteiger partial charge is 0.258 e. The van der Waals surface area contributed by atoms with Gasteiger partial charge in [0.1, 0.15) is 17.9 Å². The fraction of sp³-hybridized carbons (Fsp3) is 0.211. The zero-order valence-corrected chi connectivity index (χ0v) is 14.1. The van der Waals surface area contributed by atoms with Crippen molar-refractivity contribution in [2.45, 2.75) is 19.9 Å². The van der Waals surface area contributed by atoms with Crippen molar-refractivity contribution in [2.75, 3.05) is 6.61 Å². The molecular formula is C19H20N4O2. The van der Waals surface area contributed by atoms with Crippen LogP contribution in [0.15, 0.2) is 61.3 Å². The van der Waals surface area contributed by atoms with Crippen molar-refractivity contribution in [1.82, 2.24) is 19.9 Å². The van der Waals surface area contributed by atoms with Crippen LogP contribution in [0, 0.1) is 0 Å². The van der Waals surface area contributed by atoms with Crippen LogP contribution < -0.4 is 10.1 Å². The average molecular weight is 336 g/mol. The number of carbonyl (C=O) groups excluding carboxylic acids is 1. The van der Waals surface area contributed by atoms with E-state index in [4.69, 9.17) is 4.74 Å². The second-order valence-corrected chi connectivity index (χ2v) is 5.56. The van der Waals surface area contributed by atoms with Gasteiger partial charge in [-0.15, -0.1) is 0 Å². The van der Waals surface area contributed by atoms with Gasteiger partial charge in [0, 0.05) is 25.1 Å². The first-order chi connectivity index (χ1) is 12.2. The topological polar surface area (TPSA) is 69.0 Å². The van der Waals surface area contributed by atoms with E-state index in [1.165, 1.54) is 5.56 Å². The van der Waals surface area contributed by atoms with Gasteiger partial charge in [-0.3, -0.25) is 9.36 Å². The summed E-state index contributed by atoms with van der Waals surface area (Å²) in [5.74, 6) is 1.31. The maximum atomic E-state index is 11.9. The predicted molar refractivity (Wildman–Crippen MR) is 94.5 cm³/mol. The van der Waals surface area contributed by atoms with E-state index < -0.39 is 0 Å². The lowest BCUT2D eigenvalue weighted by Crippen LogP contribution is -2.28. The maximum absolute atomic E-state index is 11.9. The minimum atomic E-state index is -0.168. The van der Waals surface area contributed by atoms with Crippen LogP contribution in [0.4, 0.5) is 0 Å². The fourth-order valence-corrected chi connectivity index (χ4v) is 2.29. The van der Waals surface area contributed by atoms with E-state index in [0.29, 0.717) is 12.3 Å². The Balaban J connectivity index is 1.45. The third-order valence-corrected chi connectivity index (χ3v) is 3.77. The first-order valence-electron chi connectivity index (χ1n) is 8.16. The number of rotatable bonds is 7. The molecule has 0 aliphatic heterocycles. The highest BCUT2D eigenvalue weighted by Gasteiger charge is 2.04. The summed E-state index contributed by atoms with van der Waals surface area (Å²) < 4.78 is 7.31. The molecule has 1 aromatic carbocycles. The molecule has 0 radical (unpaired) electrons. The van der Waals surface area contributed by atoms with Crippen LogP contribution >= 0.6 is 0 Å². The number of nitrogens with one attached hydrogen (secondary N) is 1. The van der Waals surface area contributed by atoms with Crippen molar-refractivity contribution in [3.05, 3.63) is 72.4 Å². The Morgan fingerprint density at radius 3 is 2.60 bits per heavy atom. The summed E-state index contributed by atoms with van der Waals surface area (Å²) in [4.78, 5) is 20.2. The summed E-state index contributed by atoms with van der Waals surface area (Å²) in [7, 11) is 0. The molecule has 0 saturated carbocycles. The number of pyridine rings is 1. The third-order valence-electron chi connectivity index (χ3n) is 3.77. The summed E-state index contributed by atoms with van der Waals surface area (Å²) in [5.41, 5.74) is 2.16. The van der Waals surface area contributed by atoms with E-state index in [-0.39, 0.29) is 12.5 Å². The summed E-state index contributed by atoms with van der Waals surface area (Å²) in [6.45, 7) is 2.50. The van der Waals surface area contributed by atoms with Gasteiger partial charge in [0.15, 0.2) is 6.61 Å². The van der Waals surface area contributed by atoms with Crippen LogP contribution in [0.5, 0.6) is 5.75 Å². The highest BCUT2D eigenvalue weighted by molar-refractivity contribution is 5.77. The summed E-state index contributed by atoms with van der Waals surface area (Å²) in [5, 5.41) is 2.82. The average Bonchev–Trinajstić information content (AvgIpc) is 3.20. The number of aryl methyl sites for hydroxylation is 1.